The Balaban J connectivity index is 0.00000120. The highest BCUT2D eigenvalue weighted by Gasteiger charge is 2.19. The van der Waals surface area contributed by atoms with E-state index in [1.165, 1.54) is 16.8 Å². The molecule has 0 bridgehead atoms. The number of amides is 1. The largest absolute Gasteiger partial charge is 0.384 e. The molecule has 0 aromatic heterocycles. The Bertz CT molecular complexity index is 450. The van der Waals surface area contributed by atoms with Crippen molar-refractivity contribution >= 4 is 24.0 Å². The third-order valence-electron chi connectivity index (χ3n) is 3.44. The van der Waals surface area contributed by atoms with Crippen LogP contribution < -0.4 is 10.6 Å². The minimum Gasteiger partial charge on any atom is -0.384 e. The summed E-state index contributed by atoms with van der Waals surface area (Å²) < 4.78 is 0. The summed E-state index contributed by atoms with van der Waals surface area (Å²) in [6.07, 6.45) is 1.11. The van der Waals surface area contributed by atoms with E-state index in [1.54, 1.807) is 0 Å². The fourth-order valence-electron chi connectivity index (χ4n) is 2.61. The SMILES string of the molecule is Cl.O=C1CN(Cc2cccc3c2NCC3)CCN1. The van der Waals surface area contributed by atoms with Gasteiger partial charge in [-0.05, 0) is 17.5 Å². The molecule has 1 aromatic rings. The highest BCUT2D eigenvalue weighted by atomic mass is 35.5. The molecule has 2 aliphatic rings. The van der Waals surface area contributed by atoms with Crippen LogP contribution in [-0.4, -0.2) is 37.0 Å². The van der Waals surface area contributed by atoms with Crippen molar-refractivity contribution in [3.05, 3.63) is 29.3 Å². The van der Waals surface area contributed by atoms with E-state index < -0.39 is 0 Å². The van der Waals surface area contributed by atoms with Gasteiger partial charge in [-0.1, -0.05) is 18.2 Å². The van der Waals surface area contributed by atoms with E-state index in [-0.39, 0.29) is 18.3 Å². The molecule has 0 aliphatic carbocycles. The quantitative estimate of drug-likeness (QED) is 0.841. The number of halogens is 1. The molecule has 1 amide bonds. The summed E-state index contributed by atoms with van der Waals surface area (Å²) in [7, 11) is 0. The van der Waals surface area contributed by atoms with E-state index in [1.807, 2.05) is 0 Å². The van der Waals surface area contributed by atoms with E-state index in [0.717, 1.165) is 32.6 Å². The van der Waals surface area contributed by atoms with Gasteiger partial charge in [0.05, 0.1) is 6.54 Å². The van der Waals surface area contributed by atoms with E-state index >= 15 is 0 Å². The summed E-state index contributed by atoms with van der Waals surface area (Å²) in [5, 5.41) is 6.30. The number of piperazine rings is 1. The second-order valence-corrected chi connectivity index (χ2v) is 4.69. The zero-order valence-corrected chi connectivity index (χ0v) is 11.1. The van der Waals surface area contributed by atoms with Crippen LogP contribution in [0.3, 0.4) is 0 Å². The van der Waals surface area contributed by atoms with Crippen LogP contribution in [0.5, 0.6) is 0 Å². The maximum absolute atomic E-state index is 11.3. The zero-order chi connectivity index (χ0) is 11.7. The molecule has 2 N–H and O–H groups in total. The first-order chi connectivity index (χ1) is 8.33. The van der Waals surface area contributed by atoms with Crippen LogP contribution in [0.15, 0.2) is 18.2 Å². The second-order valence-electron chi connectivity index (χ2n) is 4.69. The smallest absolute Gasteiger partial charge is 0.234 e. The van der Waals surface area contributed by atoms with Gasteiger partial charge in [0.1, 0.15) is 0 Å². The molecule has 18 heavy (non-hydrogen) atoms. The molecule has 2 aliphatic heterocycles. The lowest BCUT2D eigenvalue weighted by atomic mass is 10.1. The van der Waals surface area contributed by atoms with Crippen LogP contribution in [-0.2, 0) is 17.8 Å². The molecule has 5 heteroatoms. The number of benzene rings is 1. The first kappa shape index (κ1) is 13.2. The van der Waals surface area contributed by atoms with Crippen molar-refractivity contribution in [2.45, 2.75) is 13.0 Å². The predicted octanol–water partition coefficient (Wildman–Crippen LogP) is 1.01. The van der Waals surface area contributed by atoms with Crippen molar-refractivity contribution in [2.24, 2.45) is 0 Å². The summed E-state index contributed by atoms with van der Waals surface area (Å²) in [5.74, 6) is 0.136. The van der Waals surface area contributed by atoms with Gasteiger partial charge >= 0.3 is 0 Å². The summed E-state index contributed by atoms with van der Waals surface area (Å²) in [6, 6.07) is 6.45. The van der Waals surface area contributed by atoms with Gasteiger partial charge in [-0.3, -0.25) is 9.69 Å². The van der Waals surface area contributed by atoms with E-state index in [9.17, 15) is 4.79 Å². The molecule has 0 saturated carbocycles. The lowest BCUT2D eigenvalue weighted by molar-refractivity contribution is -0.124. The van der Waals surface area contributed by atoms with Crippen molar-refractivity contribution < 1.29 is 4.79 Å². The number of carbonyl (C=O) groups excluding carboxylic acids is 1. The molecule has 0 unspecified atom stereocenters. The fourth-order valence-corrected chi connectivity index (χ4v) is 2.61. The van der Waals surface area contributed by atoms with Gasteiger partial charge in [-0.15, -0.1) is 12.4 Å². The highest BCUT2D eigenvalue weighted by Crippen LogP contribution is 2.27. The third kappa shape index (κ3) is 2.60. The molecular weight excluding hydrogens is 250 g/mol. The van der Waals surface area contributed by atoms with Crippen LogP contribution in [0, 0.1) is 0 Å². The summed E-state index contributed by atoms with van der Waals surface area (Å²) >= 11 is 0. The number of hydrogen-bond donors (Lipinski definition) is 2. The first-order valence-corrected chi connectivity index (χ1v) is 6.16. The van der Waals surface area contributed by atoms with Gasteiger partial charge in [-0.2, -0.15) is 0 Å². The van der Waals surface area contributed by atoms with Gasteiger partial charge < -0.3 is 10.6 Å². The Labute approximate surface area is 113 Å². The Hall–Kier alpha value is -1.26. The zero-order valence-electron chi connectivity index (χ0n) is 10.2. The number of fused-ring (bicyclic) bond motifs is 1. The Morgan fingerprint density at radius 3 is 2.94 bits per heavy atom. The number of hydrogen-bond acceptors (Lipinski definition) is 3. The van der Waals surface area contributed by atoms with Crippen molar-refractivity contribution in [3.63, 3.8) is 0 Å². The average Bonchev–Trinajstić information content (AvgIpc) is 2.78. The summed E-state index contributed by atoms with van der Waals surface area (Å²) in [5.41, 5.74) is 4.01. The molecule has 1 aromatic carbocycles. The fraction of sp³-hybridized carbons (Fsp3) is 0.462. The molecule has 0 atom stereocenters. The number of anilines is 1. The van der Waals surface area contributed by atoms with Gasteiger partial charge in [0.15, 0.2) is 0 Å². The normalized spacial score (nSPS) is 18.6. The molecule has 3 rings (SSSR count). The van der Waals surface area contributed by atoms with Crippen LogP contribution in [0.2, 0.25) is 0 Å². The summed E-state index contributed by atoms with van der Waals surface area (Å²) in [6.45, 7) is 4.12. The Morgan fingerprint density at radius 2 is 2.11 bits per heavy atom. The molecule has 1 fully saturated rings. The lowest BCUT2D eigenvalue weighted by Gasteiger charge is -2.27. The minimum absolute atomic E-state index is 0. The average molecular weight is 268 g/mol. The minimum atomic E-state index is 0. The standard InChI is InChI=1S/C13H17N3O.ClH/c17-12-9-16(7-6-14-12)8-11-3-1-2-10-4-5-15-13(10)11;/h1-3,15H,4-9H2,(H,14,17);1H. The molecule has 0 radical (unpaired) electrons. The van der Waals surface area contributed by atoms with Crippen molar-refractivity contribution in [1.29, 1.82) is 0 Å². The Kier molecular flexibility index (Phi) is 4.09. The van der Waals surface area contributed by atoms with Gasteiger partial charge in [0, 0.05) is 31.9 Å². The number of carbonyl (C=O) groups is 1. The highest BCUT2D eigenvalue weighted by molar-refractivity contribution is 5.85. The molecule has 2 heterocycles. The number of rotatable bonds is 2. The van der Waals surface area contributed by atoms with Crippen LogP contribution >= 0.6 is 12.4 Å². The molecule has 1 saturated heterocycles. The van der Waals surface area contributed by atoms with Crippen LogP contribution in [0.25, 0.3) is 0 Å². The molecule has 98 valence electrons. The monoisotopic (exact) mass is 267 g/mol. The van der Waals surface area contributed by atoms with Crippen LogP contribution in [0.1, 0.15) is 11.1 Å². The Morgan fingerprint density at radius 1 is 1.22 bits per heavy atom. The lowest BCUT2D eigenvalue weighted by Crippen LogP contribution is -2.47. The van der Waals surface area contributed by atoms with E-state index in [0.29, 0.717) is 6.54 Å². The van der Waals surface area contributed by atoms with E-state index in [4.69, 9.17) is 0 Å². The maximum Gasteiger partial charge on any atom is 0.234 e. The topological polar surface area (TPSA) is 44.4 Å². The number of nitrogens with one attached hydrogen (secondary N) is 2. The number of para-hydroxylation sites is 1. The second kappa shape index (κ2) is 5.59. The summed E-state index contributed by atoms with van der Waals surface area (Å²) in [4.78, 5) is 13.5. The van der Waals surface area contributed by atoms with Crippen molar-refractivity contribution in [2.75, 3.05) is 31.5 Å². The van der Waals surface area contributed by atoms with Crippen molar-refractivity contribution in [1.82, 2.24) is 10.2 Å². The maximum atomic E-state index is 11.3. The molecular formula is C13H18ClN3O. The molecule has 0 spiro atoms. The number of nitrogens with zero attached hydrogens (tertiary/aromatic N) is 1. The molecule has 4 nitrogen and oxygen atoms in total. The van der Waals surface area contributed by atoms with Gasteiger partial charge in [0.25, 0.3) is 0 Å². The van der Waals surface area contributed by atoms with Crippen LogP contribution in [0.4, 0.5) is 5.69 Å². The van der Waals surface area contributed by atoms with Crippen molar-refractivity contribution in [3.8, 4) is 0 Å². The first-order valence-electron chi connectivity index (χ1n) is 6.16. The van der Waals surface area contributed by atoms with Gasteiger partial charge in [-0.25, -0.2) is 0 Å². The van der Waals surface area contributed by atoms with Gasteiger partial charge in [0.2, 0.25) is 5.91 Å². The third-order valence-corrected chi connectivity index (χ3v) is 3.44. The predicted molar refractivity (Wildman–Crippen MR) is 74.2 cm³/mol. The van der Waals surface area contributed by atoms with E-state index in [2.05, 4.69) is 33.7 Å².